The van der Waals surface area contributed by atoms with Gasteiger partial charge in [-0.3, -0.25) is 0 Å². The van der Waals surface area contributed by atoms with Crippen molar-refractivity contribution in [2.24, 2.45) is 5.92 Å². The number of imidazole rings is 1. The molecule has 1 aromatic rings. The van der Waals surface area contributed by atoms with E-state index in [0.29, 0.717) is 18.2 Å². The first-order valence-electron chi connectivity index (χ1n) is 4.82. The molecule has 14 heavy (non-hydrogen) atoms. The Hall–Kier alpha value is -1.32. The molecule has 1 rings (SSSR count). The highest BCUT2D eigenvalue weighted by molar-refractivity contribution is 5.86. The Morgan fingerprint density at radius 3 is 2.93 bits per heavy atom. The Morgan fingerprint density at radius 2 is 2.36 bits per heavy atom. The molecule has 0 aliphatic rings. The molecular formula is C10H16N2O2. The fraction of sp³-hybridized carbons (Fsp3) is 0.600. The molecule has 0 fully saturated rings. The van der Waals surface area contributed by atoms with Gasteiger partial charge in [0.05, 0.1) is 12.9 Å². The molecule has 78 valence electrons. The summed E-state index contributed by atoms with van der Waals surface area (Å²) in [5.74, 6) is 0.189. The normalized spacial score (nSPS) is 10.6. The van der Waals surface area contributed by atoms with Crippen molar-refractivity contribution in [3.05, 3.63) is 18.2 Å². The summed E-state index contributed by atoms with van der Waals surface area (Å²) >= 11 is 0. The van der Waals surface area contributed by atoms with Gasteiger partial charge < -0.3 is 9.30 Å². The molecule has 0 N–H and O–H groups in total. The van der Waals surface area contributed by atoms with Crippen LogP contribution in [-0.2, 0) is 11.3 Å². The van der Waals surface area contributed by atoms with Gasteiger partial charge in [0.1, 0.15) is 0 Å². The average Bonchev–Trinajstić information content (AvgIpc) is 2.52. The van der Waals surface area contributed by atoms with Crippen molar-refractivity contribution in [3.63, 3.8) is 0 Å². The largest absolute Gasteiger partial charge is 0.461 e. The molecule has 4 nitrogen and oxygen atoms in total. The summed E-state index contributed by atoms with van der Waals surface area (Å²) in [7, 11) is 0. The highest BCUT2D eigenvalue weighted by Gasteiger charge is 2.09. The van der Waals surface area contributed by atoms with Gasteiger partial charge in [0.25, 0.3) is 0 Å². The van der Waals surface area contributed by atoms with E-state index in [9.17, 15) is 4.79 Å². The summed E-state index contributed by atoms with van der Waals surface area (Å²) in [4.78, 5) is 15.2. The molecule has 4 heteroatoms. The van der Waals surface area contributed by atoms with Gasteiger partial charge in [-0.2, -0.15) is 0 Å². The lowest BCUT2D eigenvalue weighted by molar-refractivity contribution is 0.0520. The second-order valence-electron chi connectivity index (χ2n) is 3.57. The van der Waals surface area contributed by atoms with Crippen molar-refractivity contribution in [2.75, 3.05) is 6.61 Å². The lowest BCUT2D eigenvalue weighted by Gasteiger charge is -2.03. The summed E-state index contributed by atoms with van der Waals surface area (Å²) in [6, 6.07) is 0. The van der Waals surface area contributed by atoms with Crippen molar-refractivity contribution in [3.8, 4) is 0 Å². The van der Waals surface area contributed by atoms with Crippen LogP contribution in [0.2, 0.25) is 0 Å². The van der Waals surface area contributed by atoms with Gasteiger partial charge >= 0.3 is 5.97 Å². The zero-order valence-corrected chi connectivity index (χ0v) is 8.86. The van der Waals surface area contributed by atoms with E-state index in [2.05, 4.69) is 18.8 Å². The first kappa shape index (κ1) is 10.8. The number of esters is 1. The minimum Gasteiger partial charge on any atom is -0.461 e. The molecule has 0 spiro atoms. The summed E-state index contributed by atoms with van der Waals surface area (Å²) in [6.45, 7) is 7.26. The first-order valence-corrected chi connectivity index (χ1v) is 4.82. The molecule has 0 amide bonds. The number of ether oxygens (including phenoxy) is 1. The third kappa shape index (κ3) is 2.87. The fourth-order valence-corrected chi connectivity index (χ4v) is 1.19. The molecule has 0 saturated carbocycles. The monoisotopic (exact) mass is 196 g/mol. The van der Waals surface area contributed by atoms with Crippen LogP contribution in [0.25, 0.3) is 0 Å². The Bertz CT molecular complexity index is 305. The summed E-state index contributed by atoms with van der Waals surface area (Å²) < 4.78 is 6.73. The predicted molar refractivity (Wildman–Crippen MR) is 53.0 cm³/mol. The SMILES string of the molecule is CCOC(=O)c1cn(CC(C)C)cn1. The summed E-state index contributed by atoms with van der Waals surface area (Å²) in [5, 5.41) is 0. The quantitative estimate of drug-likeness (QED) is 0.689. The fourth-order valence-electron chi connectivity index (χ4n) is 1.19. The van der Waals surface area contributed by atoms with E-state index < -0.39 is 0 Å². The molecule has 0 aliphatic heterocycles. The smallest absolute Gasteiger partial charge is 0.358 e. The zero-order chi connectivity index (χ0) is 10.6. The lowest BCUT2D eigenvalue weighted by Crippen LogP contribution is -2.05. The molecule has 0 radical (unpaired) electrons. The van der Waals surface area contributed by atoms with Crippen LogP contribution in [0.3, 0.4) is 0 Å². The third-order valence-corrected chi connectivity index (χ3v) is 1.69. The minimum absolute atomic E-state index is 0.352. The molecule has 0 saturated heterocycles. The maximum atomic E-state index is 11.2. The van der Waals surface area contributed by atoms with E-state index in [1.165, 1.54) is 0 Å². The van der Waals surface area contributed by atoms with Crippen molar-refractivity contribution < 1.29 is 9.53 Å². The number of aromatic nitrogens is 2. The average molecular weight is 196 g/mol. The van der Waals surface area contributed by atoms with Crippen LogP contribution < -0.4 is 0 Å². The maximum Gasteiger partial charge on any atom is 0.358 e. The van der Waals surface area contributed by atoms with Crippen LogP contribution >= 0.6 is 0 Å². The van der Waals surface area contributed by atoms with Crippen LogP contribution in [-0.4, -0.2) is 22.1 Å². The highest BCUT2D eigenvalue weighted by atomic mass is 16.5. The molecule has 1 aromatic heterocycles. The Balaban J connectivity index is 2.63. The summed E-state index contributed by atoms with van der Waals surface area (Å²) in [5.41, 5.74) is 0.382. The second kappa shape index (κ2) is 4.79. The van der Waals surface area contributed by atoms with E-state index in [4.69, 9.17) is 4.74 Å². The van der Waals surface area contributed by atoms with Gasteiger partial charge in [-0.1, -0.05) is 13.8 Å². The molecule has 0 aliphatic carbocycles. The van der Waals surface area contributed by atoms with Crippen LogP contribution in [0.4, 0.5) is 0 Å². The van der Waals surface area contributed by atoms with Crippen molar-refractivity contribution >= 4 is 5.97 Å². The Labute approximate surface area is 83.9 Å². The zero-order valence-electron chi connectivity index (χ0n) is 8.86. The van der Waals surface area contributed by atoms with Crippen LogP contribution in [0, 0.1) is 5.92 Å². The van der Waals surface area contributed by atoms with Gasteiger partial charge in [0.15, 0.2) is 5.69 Å². The number of carbonyl (C=O) groups excluding carboxylic acids is 1. The van der Waals surface area contributed by atoms with E-state index in [0.717, 1.165) is 6.54 Å². The van der Waals surface area contributed by atoms with Crippen LogP contribution in [0.5, 0.6) is 0 Å². The number of rotatable bonds is 4. The molecular weight excluding hydrogens is 180 g/mol. The van der Waals surface area contributed by atoms with Crippen LogP contribution in [0.1, 0.15) is 31.3 Å². The van der Waals surface area contributed by atoms with Gasteiger partial charge in [-0.25, -0.2) is 9.78 Å². The van der Waals surface area contributed by atoms with Gasteiger partial charge in [-0.05, 0) is 12.8 Å². The van der Waals surface area contributed by atoms with E-state index >= 15 is 0 Å². The third-order valence-electron chi connectivity index (χ3n) is 1.69. The lowest BCUT2D eigenvalue weighted by atomic mass is 10.2. The Morgan fingerprint density at radius 1 is 1.64 bits per heavy atom. The van der Waals surface area contributed by atoms with Gasteiger partial charge in [0.2, 0.25) is 0 Å². The van der Waals surface area contributed by atoms with Crippen molar-refractivity contribution in [1.29, 1.82) is 0 Å². The predicted octanol–water partition coefficient (Wildman–Crippen LogP) is 1.72. The Kier molecular flexibility index (Phi) is 3.68. The van der Waals surface area contributed by atoms with Gasteiger partial charge in [0, 0.05) is 12.7 Å². The standard InChI is InChI=1S/C10H16N2O2/c1-4-14-10(13)9-6-12(7-11-9)5-8(2)3/h6-8H,4-5H2,1-3H3. The van der Waals surface area contributed by atoms with Gasteiger partial charge in [-0.15, -0.1) is 0 Å². The number of hydrogen-bond donors (Lipinski definition) is 0. The van der Waals surface area contributed by atoms with E-state index in [1.54, 1.807) is 19.4 Å². The molecule has 0 aromatic carbocycles. The summed E-state index contributed by atoms with van der Waals surface area (Å²) in [6.07, 6.45) is 3.38. The van der Waals surface area contributed by atoms with Crippen molar-refractivity contribution in [2.45, 2.75) is 27.3 Å². The maximum absolute atomic E-state index is 11.2. The molecule has 0 bridgehead atoms. The minimum atomic E-state index is -0.352. The van der Waals surface area contributed by atoms with E-state index in [-0.39, 0.29) is 5.97 Å². The number of carbonyl (C=O) groups is 1. The first-order chi connectivity index (χ1) is 6.63. The molecule has 0 atom stereocenters. The highest BCUT2D eigenvalue weighted by Crippen LogP contribution is 2.02. The van der Waals surface area contributed by atoms with E-state index in [1.807, 2.05) is 4.57 Å². The van der Waals surface area contributed by atoms with Crippen LogP contribution in [0.15, 0.2) is 12.5 Å². The molecule has 0 unspecified atom stereocenters. The number of hydrogen-bond acceptors (Lipinski definition) is 3. The number of nitrogens with zero attached hydrogens (tertiary/aromatic N) is 2. The van der Waals surface area contributed by atoms with Crippen molar-refractivity contribution in [1.82, 2.24) is 9.55 Å². The topological polar surface area (TPSA) is 44.1 Å². The molecule has 1 heterocycles. The second-order valence-corrected chi connectivity index (χ2v) is 3.57.